The lowest BCUT2D eigenvalue weighted by Crippen LogP contribution is -2.05. The minimum atomic E-state index is -4.66. The van der Waals surface area contributed by atoms with Gasteiger partial charge in [-0.1, -0.05) is 29.3 Å². The average Bonchev–Trinajstić information content (AvgIpc) is 2.41. The summed E-state index contributed by atoms with van der Waals surface area (Å²) in [5.74, 6) is -1.49. The van der Waals surface area contributed by atoms with Crippen LogP contribution in [0.25, 0.3) is 0 Å². The van der Waals surface area contributed by atoms with Gasteiger partial charge in [0.2, 0.25) is 5.75 Å². The number of hydrogen-bond acceptors (Lipinski definition) is 4. The molecule has 2 rings (SSSR count). The molecule has 2 aromatic rings. The molecule has 0 aliphatic heterocycles. The lowest BCUT2D eigenvalue weighted by molar-refractivity contribution is -0.386. The van der Waals surface area contributed by atoms with Gasteiger partial charge in [-0.25, -0.2) is 0 Å². The van der Waals surface area contributed by atoms with Crippen LogP contribution in [0.5, 0.6) is 17.2 Å². The van der Waals surface area contributed by atoms with Crippen molar-refractivity contribution in [1.82, 2.24) is 0 Å². The summed E-state index contributed by atoms with van der Waals surface area (Å²) in [6.45, 7) is 0. The predicted octanol–water partition coefficient (Wildman–Crippen LogP) is 5.42. The zero-order chi connectivity index (χ0) is 17.4. The number of nitro benzene ring substituents is 1. The number of para-hydroxylation sites is 1. The SMILES string of the molecule is O=[N+]([O-])c1c(O)cccc1Oc1c(Cl)cc(C(F)(F)F)cc1Cl. The Morgan fingerprint density at radius 3 is 2.22 bits per heavy atom. The van der Waals surface area contributed by atoms with Gasteiger partial charge in [0.05, 0.1) is 20.5 Å². The molecule has 122 valence electrons. The fraction of sp³-hybridized carbons (Fsp3) is 0.0769. The summed E-state index contributed by atoms with van der Waals surface area (Å²) in [7, 11) is 0. The van der Waals surface area contributed by atoms with Gasteiger partial charge in [-0.3, -0.25) is 10.1 Å². The predicted molar refractivity (Wildman–Crippen MR) is 76.3 cm³/mol. The Morgan fingerprint density at radius 2 is 1.74 bits per heavy atom. The van der Waals surface area contributed by atoms with Gasteiger partial charge in [0.25, 0.3) is 0 Å². The molecule has 0 amide bonds. The number of nitro groups is 1. The van der Waals surface area contributed by atoms with E-state index in [9.17, 15) is 28.4 Å². The molecule has 0 saturated heterocycles. The number of rotatable bonds is 3. The van der Waals surface area contributed by atoms with Crippen molar-refractivity contribution < 1.29 is 27.9 Å². The lowest BCUT2D eigenvalue weighted by atomic mass is 10.2. The lowest BCUT2D eigenvalue weighted by Gasteiger charge is -2.13. The normalized spacial score (nSPS) is 11.3. The number of halogens is 5. The largest absolute Gasteiger partial charge is 0.502 e. The van der Waals surface area contributed by atoms with Crippen molar-refractivity contribution in [2.24, 2.45) is 0 Å². The maximum absolute atomic E-state index is 12.6. The first kappa shape index (κ1) is 17.2. The topological polar surface area (TPSA) is 72.6 Å². The molecule has 5 nitrogen and oxygen atoms in total. The maximum Gasteiger partial charge on any atom is 0.416 e. The van der Waals surface area contributed by atoms with Crippen LogP contribution in [0.15, 0.2) is 30.3 Å². The number of hydrogen-bond donors (Lipinski definition) is 1. The molecule has 2 aromatic carbocycles. The summed E-state index contributed by atoms with van der Waals surface area (Å²) in [4.78, 5) is 10.0. The molecule has 0 atom stereocenters. The van der Waals surface area contributed by atoms with Crippen molar-refractivity contribution in [1.29, 1.82) is 0 Å². The highest BCUT2D eigenvalue weighted by molar-refractivity contribution is 6.37. The van der Waals surface area contributed by atoms with E-state index in [1.54, 1.807) is 0 Å². The number of phenolic OH excluding ortho intramolecular Hbond substituents is 1. The summed E-state index contributed by atoms with van der Waals surface area (Å²) in [5.41, 5.74) is -1.86. The smallest absolute Gasteiger partial charge is 0.416 e. The van der Waals surface area contributed by atoms with Crippen LogP contribution in [0.2, 0.25) is 10.0 Å². The van der Waals surface area contributed by atoms with E-state index in [1.807, 2.05) is 0 Å². The second-order valence-electron chi connectivity index (χ2n) is 4.25. The van der Waals surface area contributed by atoms with Crippen LogP contribution in [0.4, 0.5) is 18.9 Å². The summed E-state index contributed by atoms with van der Waals surface area (Å²) < 4.78 is 43.1. The van der Waals surface area contributed by atoms with Crippen molar-refractivity contribution in [3.8, 4) is 17.2 Å². The van der Waals surface area contributed by atoms with Crippen molar-refractivity contribution in [3.05, 3.63) is 56.1 Å². The molecule has 1 N–H and O–H groups in total. The van der Waals surface area contributed by atoms with E-state index < -0.39 is 49.6 Å². The second-order valence-corrected chi connectivity index (χ2v) is 5.06. The minimum Gasteiger partial charge on any atom is -0.502 e. The Labute approximate surface area is 137 Å². The van der Waals surface area contributed by atoms with Crippen molar-refractivity contribution in [2.45, 2.75) is 6.18 Å². The highest BCUT2D eigenvalue weighted by Gasteiger charge is 2.32. The van der Waals surface area contributed by atoms with Crippen LogP contribution in [0.3, 0.4) is 0 Å². The number of phenols is 1. The molecule has 0 saturated carbocycles. The van der Waals surface area contributed by atoms with Crippen molar-refractivity contribution in [3.63, 3.8) is 0 Å². The first-order valence-corrected chi connectivity index (χ1v) is 6.57. The summed E-state index contributed by atoms with van der Waals surface area (Å²) in [6.07, 6.45) is -4.66. The van der Waals surface area contributed by atoms with Crippen LogP contribution in [-0.4, -0.2) is 10.0 Å². The van der Waals surface area contributed by atoms with Gasteiger partial charge in [-0.05, 0) is 24.3 Å². The van der Waals surface area contributed by atoms with Crippen LogP contribution < -0.4 is 4.74 Å². The average molecular weight is 368 g/mol. The third-order valence-electron chi connectivity index (χ3n) is 2.70. The highest BCUT2D eigenvalue weighted by Crippen LogP contribution is 2.44. The Kier molecular flexibility index (Phi) is 4.58. The molecule has 0 unspecified atom stereocenters. The molecule has 0 aliphatic carbocycles. The summed E-state index contributed by atoms with van der Waals surface area (Å²) in [6, 6.07) is 4.61. The van der Waals surface area contributed by atoms with Gasteiger partial charge < -0.3 is 9.84 Å². The molecule has 0 bridgehead atoms. The van der Waals surface area contributed by atoms with Gasteiger partial charge in [-0.2, -0.15) is 13.2 Å². The number of ether oxygens (including phenoxy) is 1. The van der Waals surface area contributed by atoms with E-state index >= 15 is 0 Å². The first-order chi connectivity index (χ1) is 10.6. The fourth-order valence-corrected chi connectivity index (χ4v) is 2.27. The zero-order valence-electron chi connectivity index (χ0n) is 10.9. The van der Waals surface area contributed by atoms with Crippen LogP contribution in [0, 0.1) is 10.1 Å². The van der Waals surface area contributed by atoms with Gasteiger partial charge in [0, 0.05) is 0 Å². The molecule has 23 heavy (non-hydrogen) atoms. The molecular formula is C13H6Cl2F3NO4. The third-order valence-corrected chi connectivity index (χ3v) is 3.26. The molecule has 10 heteroatoms. The Balaban J connectivity index is 2.51. The Bertz CT molecular complexity index is 757. The summed E-state index contributed by atoms with van der Waals surface area (Å²) >= 11 is 11.4. The van der Waals surface area contributed by atoms with Gasteiger partial charge in [0.1, 0.15) is 0 Å². The number of alkyl halides is 3. The van der Waals surface area contributed by atoms with Crippen LogP contribution in [0.1, 0.15) is 5.56 Å². The minimum absolute atomic E-state index is 0.393. The van der Waals surface area contributed by atoms with Crippen molar-refractivity contribution >= 4 is 28.9 Å². The molecule has 0 heterocycles. The van der Waals surface area contributed by atoms with Crippen LogP contribution in [-0.2, 0) is 6.18 Å². The van der Waals surface area contributed by atoms with Crippen LogP contribution >= 0.6 is 23.2 Å². The first-order valence-electron chi connectivity index (χ1n) is 5.81. The van der Waals surface area contributed by atoms with E-state index in [2.05, 4.69) is 0 Å². The third kappa shape index (κ3) is 3.59. The van der Waals surface area contributed by atoms with E-state index in [0.29, 0.717) is 12.1 Å². The molecule has 0 fully saturated rings. The fourth-order valence-electron chi connectivity index (χ4n) is 1.71. The zero-order valence-corrected chi connectivity index (χ0v) is 12.4. The quantitative estimate of drug-likeness (QED) is 0.580. The van der Waals surface area contributed by atoms with Crippen molar-refractivity contribution in [2.75, 3.05) is 0 Å². The molecule has 0 aliphatic rings. The Hall–Kier alpha value is -2.19. The molecule has 0 radical (unpaired) electrons. The summed E-state index contributed by atoms with van der Waals surface area (Å²) in [5, 5.41) is 19.5. The Morgan fingerprint density at radius 1 is 1.17 bits per heavy atom. The number of aromatic hydroxyl groups is 1. The molecule has 0 aromatic heterocycles. The number of benzene rings is 2. The molecular weight excluding hydrogens is 362 g/mol. The van der Waals surface area contributed by atoms with E-state index in [0.717, 1.165) is 12.1 Å². The second kappa shape index (κ2) is 6.13. The molecule has 0 spiro atoms. The van der Waals surface area contributed by atoms with E-state index in [1.165, 1.54) is 6.07 Å². The van der Waals surface area contributed by atoms with Gasteiger partial charge in [0.15, 0.2) is 11.5 Å². The van der Waals surface area contributed by atoms with E-state index in [4.69, 9.17) is 27.9 Å². The standard InChI is InChI=1S/C13H6Cl2F3NO4/c14-7-4-6(13(16,17)18)5-8(15)12(7)23-10-3-1-2-9(20)11(10)19(21)22/h1-5,20H. The highest BCUT2D eigenvalue weighted by atomic mass is 35.5. The van der Waals surface area contributed by atoms with Gasteiger partial charge in [-0.15, -0.1) is 0 Å². The van der Waals surface area contributed by atoms with E-state index in [-0.39, 0.29) is 0 Å². The maximum atomic E-state index is 12.6. The van der Waals surface area contributed by atoms with Gasteiger partial charge >= 0.3 is 11.9 Å². The number of nitrogens with zero attached hydrogens (tertiary/aromatic N) is 1. The monoisotopic (exact) mass is 367 g/mol.